The van der Waals surface area contributed by atoms with Gasteiger partial charge in [-0.2, -0.15) is 0 Å². The molecule has 0 saturated carbocycles. The van der Waals surface area contributed by atoms with Crippen LogP contribution in [0.4, 0.5) is 0 Å². The van der Waals surface area contributed by atoms with Gasteiger partial charge in [0.05, 0.1) is 12.3 Å². The molecule has 2 aromatic heterocycles. The van der Waals surface area contributed by atoms with Crippen molar-refractivity contribution in [2.75, 3.05) is 13.1 Å². The molecule has 0 saturated heterocycles. The third-order valence-corrected chi connectivity index (χ3v) is 6.26. The van der Waals surface area contributed by atoms with Crippen molar-refractivity contribution in [2.24, 2.45) is 0 Å². The van der Waals surface area contributed by atoms with Crippen LogP contribution in [0.25, 0.3) is 0 Å². The Balaban J connectivity index is 1.39. The number of benzene rings is 2. The highest BCUT2D eigenvalue weighted by Crippen LogP contribution is 2.38. The number of carbonyl (C=O) groups is 2. The fraction of sp³-hybridized carbons (Fsp3) is 0.241. The van der Waals surface area contributed by atoms with Crippen molar-refractivity contribution in [3.63, 3.8) is 0 Å². The maximum absolute atomic E-state index is 13.3. The fourth-order valence-electron chi connectivity index (χ4n) is 4.50. The Labute approximate surface area is 209 Å². The van der Waals surface area contributed by atoms with Crippen LogP contribution in [0.5, 0.6) is 5.75 Å². The van der Waals surface area contributed by atoms with Crippen molar-refractivity contribution < 1.29 is 23.2 Å². The monoisotopic (exact) mass is 484 g/mol. The number of nitrogens with zero attached hydrogens (tertiary/aromatic N) is 1. The second kappa shape index (κ2) is 10.6. The average molecular weight is 485 g/mol. The summed E-state index contributed by atoms with van der Waals surface area (Å²) in [6, 6.07) is 22.5. The fourth-order valence-corrected chi connectivity index (χ4v) is 4.50. The van der Waals surface area contributed by atoms with Crippen LogP contribution in [0.15, 0.2) is 87.9 Å². The molecule has 7 heteroatoms. The topological polar surface area (TPSA) is 84.9 Å². The number of carbonyl (C=O) groups excluding carboxylic acids is 2. The molecule has 184 valence electrons. The highest BCUT2D eigenvalue weighted by atomic mass is 16.5. The predicted octanol–water partition coefficient (Wildman–Crippen LogP) is 5.38. The van der Waals surface area contributed by atoms with Gasteiger partial charge in [0.25, 0.3) is 11.8 Å². The Morgan fingerprint density at radius 3 is 2.67 bits per heavy atom. The first-order valence-corrected chi connectivity index (χ1v) is 12.2. The van der Waals surface area contributed by atoms with Crippen LogP contribution in [-0.2, 0) is 13.0 Å². The van der Waals surface area contributed by atoms with Gasteiger partial charge in [-0.15, -0.1) is 0 Å². The summed E-state index contributed by atoms with van der Waals surface area (Å²) in [6.07, 6.45) is 3.11. The molecule has 2 amide bonds. The SMILES string of the molecule is CCCNC(=O)c1ccc(COc2ccc3c(c2)[C@H](c2ccccc2)N(C(=O)c2ccco2)CC3)o1. The quantitative estimate of drug-likeness (QED) is 0.363. The van der Waals surface area contributed by atoms with Gasteiger partial charge in [-0.25, -0.2) is 0 Å². The van der Waals surface area contributed by atoms with Gasteiger partial charge in [0.2, 0.25) is 0 Å². The van der Waals surface area contributed by atoms with E-state index in [1.807, 2.05) is 54.3 Å². The van der Waals surface area contributed by atoms with E-state index in [2.05, 4.69) is 11.4 Å². The molecule has 2 aromatic carbocycles. The van der Waals surface area contributed by atoms with Crippen LogP contribution < -0.4 is 10.1 Å². The van der Waals surface area contributed by atoms with Crippen molar-refractivity contribution in [3.05, 3.63) is 113 Å². The highest BCUT2D eigenvalue weighted by Gasteiger charge is 2.34. The Morgan fingerprint density at radius 2 is 1.89 bits per heavy atom. The predicted molar refractivity (Wildman–Crippen MR) is 134 cm³/mol. The van der Waals surface area contributed by atoms with Crippen LogP contribution >= 0.6 is 0 Å². The molecule has 0 unspecified atom stereocenters. The summed E-state index contributed by atoms with van der Waals surface area (Å²) >= 11 is 0. The molecule has 0 bridgehead atoms. The first-order chi connectivity index (χ1) is 17.6. The molecule has 1 atom stereocenters. The molecule has 0 aliphatic carbocycles. The molecule has 3 heterocycles. The van der Waals surface area contributed by atoms with Gasteiger partial charge >= 0.3 is 0 Å². The standard InChI is InChI=1S/C29H28N2O5/c1-2-15-30-28(32)25-13-12-23(36-25)19-35-22-11-10-20-14-16-31(29(33)26-9-6-17-34-26)27(24(20)18-22)21-7-4-3-5-8-21/h3-13,17-18,27H,2,14-16,19H2,1H3,(H,30,32)/t27-/m0/s1. The third-order valence-electron chi connectivity index (χ3n) is 6.26. The number of rotatable bonds is 8. The molecule has 7 nitrogen and oxygen atoms in total. The number of hydrogen-bond donors (Lipinski definition) is 1. The summed E-state index contributed by atoms with van der Waals surface area (Å²) in [5.74, 6) is 1.44. The molecular weight excluding hydrogens is 456 g/mol. The number of hydrogen-bond acceptors (Lipinski definition) is 5. The van der Waals surface area contributed by atoms with E-state index in [9.17, 15) is 9.59 Å². The van der Waals surface area contributed by atoms with E-state index in [-0.39, 0.29) is 30.2 Å². The summed E-state index contributed by atoms with van der Waals surface area (Å²) in [5.41, 5.74) is 3.21. The van der Waals surface area contributed by atoms with E-state index >= 15 is 0 Å². The minimum absolute atomic E-state index is 0.143. The zero-order valence-electron chi connectivity index (χ0n) is 20.1. The van der Waals surface area contributed by atoms with Gasteiger partial charge < -0.3 is 23.8 Å². The number of fused-ring (bicyclic) bond motifs is 1. The maximum atomic E-state index is 13.3. The Bertz CT molecular complexity index is 1330. The molecule has 1 aliphatic rings. The van der Waals surface area contributed by atoms with Gasteiger partial charge in [-0.05, 0) is 65.9 Å². The Hall–Kier alpha value is -4.26. The van der Waals surface area contributed by atoms with Crippen LogP contribution in [0.2, 0.25) is 0 Å². The number of furan rings is 2. The second-order valence-corrected chi connectivity index (χ2v) is 8.71. The van der Waals surface area contributed by atoms with Gasteiger partial charge in [0.1, 0.15) is 18.1 Å². The van der Waals surface area contributed by atoms with E-state index in [4.69, 9.17) is 13.6 Å². The molecular formula is C29H28N2O5. The third kappa shape index (κ3) is 4.91. The summed E-state index contributed by atoms with van der Waals surface area (Å²) in [4.78, 5) is 27.3. The normalized spacial score (nSPS) is 14.8. The van der Waals surface area contributed by atoms with Crippen molar-refractivity contribution in [2.45, 2.75) is 32.4 Å². The highest BCUT2D eigenvalue weighted by molar-refractivity contribution is 5.92. The molecule has 5 rings (SSSR count). The van der Waals surface area contributed by atoms with E-state index in [0.29, 0.717) is 30.4 Å². The molecule has 0 fully saturated rings. The molecule has 36 heavy (non-hydrogen) atoms. The second-order valence-electron chi connectivity index (χ2n) is 8.71. The van der Waals surface area contributed by atoms with E-state index in [1.165, 1.54) is 11.8 Å². The number of amides is 2. The lowest BCUT2D eigenvalue weighted by Crippen LogP contribution is -2.40. The van der Waals surface area contributed by atoms with Crippen molar-refractivity contribution in [1.82, 2.24) is 10.2 Å². The zero-order valence-corrected chi connectivity index (χ0v) is 20.1. The lowest BCUT2D eigenvalue weighted by atomic mass is 9.87. The smallest absolute Gasteiger partial charge is 0.290 e. The van der Waals surface area contributed by atoms with Crippen molar-refractivity contribution >= 4 is 11.8 Å². The minimum atomic E-state index is -0.270. The summed E-state index contributed by atoms with van der Waals surface area (Å²) in [5, 5.41) is 2.80. The van der Waals surface area contributed by atoms with Crippen LogP contribution in [0.1, 0.15) is 62.9 Å². The van der Waals surface area contributed by atoms with Gasteiger partial charge in [0, 0.05) is 13.1 Å². The molecule has 1 aliphatic heterocycles. The first kappa shape index (κ1) is 23.5. The van der Waals surface area contributed by atoms with Gasteiger partial charge in [-0.1, -0.05) is 43.3 Å². The van der Waals surface area contributed by atoms with Crippen molar-refractivity contribution in [1.29, 1.82) is 0 Å². The zero-order chi connectivity index (χ0) is 24.9. The molecule has 0 spiro atoms. The lowest BCUT2D eigenvalue weighted by molar-refractivity contribution is 0.0661. The summed E-state index contributed by atoms with van der Waals surface area (Å²) in [7, 11) is 0. The van der Waals surface area contributed by atoms with E-state index in [0.717, 1.165) is 24.0 Å². The maximum Gasteiger partial charge on any atom is 0.290 e. The van der Waals surface area contributed by atoms with E-state index in [1.54, 1.807) is 24.3 Å². The van der Waals surface area contributed by atoms with Gasteiger partial charge in [-0.3, -0.25) is 9.59 Å². The van der Waals surface area contributed by atoms with Crippen LogP contribution in [0, 0.1) is 0 Å². The van der Waals surface area contributed by atoms with Gasteiger partial charge in [0.15, 0.2) is 11.5 Å². The average Bonchev–Trinajstić information content (AvgIpc) is 3.63. The minimum Gasteiger partial charge on any atom is -0.486 e. The van der Waals surface area contributed by atoms with Crippen molar-refractivity contribution in [3.8, 4) is 5.75 Å². The summed E-state index contributed by atoms with van der Waals surface area (Å²) < 4.78 is 17.1. The summed E-state index contributed by atoms with van der Waals surface area (Å²) in [6.45, 7) is 3.36. The lowest BCUT2D eigenvalue weighted by Gasteiger charge is -2.37. The largest absolute Gasteiger partial charge is 0.486 e. The Morgan fingerprint density at radius 1 is 1.03 bits per heavy atom. The Kier molecular flexibility index (Phi) is 6.89. The molecule has 0 radical (unpaired) electrons. The van der Waals surface area contributed by atoms with Crippen LogP contribution in [0.3, 0.4) is 0 Å². The number of ether oxygens (including phenoxy) is 1. The van der Waals surface area contributed by atoms with Crippen LogP contribution in [-0.4, -0.2) is 29.8 Å². The first-order valence-electron chi connectivity index (χ1n) is 12.2. The van der Waals surface area contributed by atoms with E-state index < -0.39 is 0 Å². The molecule has 4 aromatic rings. The number of nitrogens with one attached hydrogen (secondary N) is 1. The molecule has 1 N–H and O–H groups in total.